The topological polar surface area (TPSA) is 346 Å². The number of ether oxygens (including phenoxy) is 2. The molecule has 0 aromatic heterocycles. The molecule has 19 atom stereocenters. The van der Waals surface area contributed by atoms with Gasteiger partial charge in [0.05, 0.1) is 45.8 Å². The summed E-state index contributed by atoms with van der Waals surface area (Å²) in [6.45, 7) is 23.7. The van der Waals surface area contributed by atoms with Crippen molar-refractivity contribution in [1.29, 1.82) is 0 Å². The molecule has 3 unspecified atom stereocenters. The number of amides is 3. The molecule has 6 heterocycles. The van der Waals surface area contributed by atoms with E-state index in [1.807, 2.05) is 46.8 Å². The lowest BCUT2D eigenvalue weighted by atomic mass is 9.62. The zero-order chi connectivity index (χ0) is 92.0. The highest BCUT2D eigenvalue weighted by molar-refractivity contribution is 7.46. The van der Waals surface area contributed by atoms with Crippen LogP contribution in [0.3, 0.4) is 0 Å². The molecule has 3 aliphatic carbocycles. The van der Waals surface area contributed by atoms with Crippen molar-refractivity contribution in [2.75, 3.05) is 22.5 Å². The van der Waals surface area contributed by atoms with Gasteiger partial charge < -0.3 is 62.6 Å². The van der Waals surface area contributed by atoms with Gasteiger partial charge in [0.15, 0.2) is 17.3 Å². The van der Waals surface area contributed by atoms with Crippen molar-refractivity contribution in [3.05, 3.63) is 190 Å². The minimum absolute atomic E-state index is 0.0409. The number of ketones is 3. The van der Waals surface area contributed by atoms with E-state index in [9.17, 15) is 52.7 Å². The summed E-state index contributed by atoms with van der Waals surface area (Å²) in [5.41, 5.74) is 9.38. The number of Topliss-reactive ketones (excluding diaryl/α,β-unsaturated/α-hetero) is 3. The van der Waals surface area contributed by atoms with E-state index in [4.69, 9.17) is 95.1 Å². The third-order valence-electron chi connectivity index (χ3n) is 27.0. The lowest BCUT2D eigenvalue weighted by Gasteiger charge is -2.37. The van der Waals surface area contributed by atoms with Gasteiger partial charge >= 0.3 is 19.8 Å². The summed E-state index contributed by atoms with van der Waals surface area (Å²) in [6.07, 6.45) is 6.35. The number of hydrogen-bond donors (Lipinski definition) is 10. The number of carbonyl (C=O) groups is 8. The number of phosphoric ester groups is 1. The van der Waals surface area contributed by atoms with Crippen LogP contribution in [-0.2, 0) is 73.2 Å². The molecule has 680 valence electrons. The van der Waals surface area contributed by atoms with Gasteiger partial charge in [-0.15, -0.1) is 0 Å². The quantitative estimate of drug-likeness (QED) is 0.0236. The van der Waals surface area contributed by atoms with Gasteiger partial charge in [0.25, 0.3) is 0 Å². The van der Waals surface area contributed by atoms with Crippen LogP contribution in [-0.4, -0.2) is 123 Å². The minimum atomic E-state index is -4.65. The molecular formula is C94H112Cl6F3N8O14P. The van der Waals surface area contributed by atoms with Crippen LogP contribution in [0.1, 0.15) is 231 Å². The van der Waals surface area contributed by atoms with Gasteiger partial charge in [-0.3, -0.25) is 42.9 Å². The molecule has 6 aromatic carbocycles. The Morgan fingerprint density at radius 3 is 1.13 bits per heavy atom. The first-order valence-corrected chi connectivity index (χ1v) is 46.8. The molecule has 6 aliphatic heterocycles. The van der Waals surface area contributed by atoms with Crippen LogP contribution in [0.15, 0.2) is 109 Å². The summed E-state index contributed by atoms with van der Waals surface area (Å²) < 4.78 is 75.3. The molecule has 3 spiro atoms. The third kappa shape index (κ3) is 19.4. The fourth-order valence-corrected chi connectivity index (χ4v) is 23.8. The first kappa shape index (κ1) is 96.7. The second-order valence-corrected chi connectivity index (χ2v) is 43.9. The van der Waals surface area contributed by atoms with Crippen LogP contribution in [0.5, 0.6) is 0 Å². The highest BCUT2D eigenvalue weighted by Gasteiger charge is 2.70. The molecule has 0 bridgehead atoms. The van der Waals surface area contributed by atoms with Crippen molar-refractivity contribution in [3.8, 4) is 0 Å². The van der Waals surface area contributed by atoms with E-state index in [0.717, 1.165) is 0 Å². The predicted molar refractivity (Wildman–Crippen MR) is 482 cm³/mol. The fraction of sp³-hybridized carbons (Fsp3) is 0.532. The Morgan fingerprint density at radius 1 is 0.500 bits per heavy atom. The largest absolute Gasteiger partial charge is 0.469 e. The first-order chi connectivity index (χ1) is 58.8. The van der Waals surface area contributed by atoms with Crippen LogP contribution in [0.25, 0.3) is 0 Å². The molecule has 22 nitrogen and oxygen atoms in total. The average Bonchev–Trinajstić information content (AvgIpc) is 1.54. The van der Waals surface area contributed by atoms with Crippen molar-refractivity contribution in [2.45, 2.75) is 273 Å². The minimum Gasteiger partial charge on any atom is -0.458 e. The number of esters is 2. The maximum Gasteiger partial charge on any atom is 0.469 e. The lowest BCUT2D eigenvalue weighted by Crippen LogP contribution is -2.49. The second-order valence-electron chi connectivity index (χ2n) is 40.2. The number of rotatable bonds is 21. The van der Waals surface area contributed by atoms with Crippen LogP contribution in [0.2, 0.25) is 30.1 Å². The molecule has 6 aromatic rings. The number of anilines is 3. The Labute approximate surface area is 763 Å². The van der Waals surface area contributed by atoms with Gasteiger partial charge in [0.2, 0.25) is 17.7 Å². The Bertz CT molecular complexity index is 5340. The van der Waals surface area contributed by atoms with E-state index >= 15 is 13.2 Å². The molecule has 3 saturated heterocycles. The Hall–Kier alpha value is -6.88. The lowest BCUT2D eigenvalue weighted by molar-refractivity contribution is -0.159. The standard InChI is InChI=1S/C33H40Cl2FN3O4.C32H38Cl2FN3O4.C29H34Cl2FN2O6P/c1-17(37)29(41)43-32(5)12-11-18(15-32)13-24(40)28-26(20-7-6-8-22(35)27(20)36)33(25(39-28)16-31(2,3)4)21-10-9-19(34)14-23(21)38-30(33)42;1-30(2,3)15-24-32(20-9-8-18(33)13-22(20)37-29(32)41)26(19-6-5-7-21(34)27(19)35)28(38-24)23(39)12-17-10-11-31(4,14-17)42-25(40)16-36;1-28(2,3)14-23-29(19-10-8-16(30)13-21(19)33-27(29)36)24(18-5-4-6-20(31)25(18)32)26(34-23)22(35)12-15-7-9-17(11-15)40-41(37,38)39/h6-10,14,17-18,25-26,28,39H,11-13,15-16,37H2,1-5H3,(H,38,42);5-9,13,17,24,26,28,38H,10-12,14-16,36H2,1-4H3,(H,37,41);4-6,8,10,13,15,17,23-24,26,34H,7,9,11-12,14H2,1-3H3,(H,33,36)(H2,37,38,39)/t17-,18?,25-,26+,28+,32-,33+;17?,24-,26+,28+,31-,32+;15?,17-,23-,24+,26+,29+/m111/s1. The van der Waals surface area contributed by atoms with Crippen molar-refractivity contribution < 1.29 is 79.9 Å². The summed E-state index contributed by atoms with van der Waals surface area (Å²) in [5.74, 6) is -7.25. The summed E-state index contributed by atoms with van der Waals surface area (Å²) in [6, 6.07) is 24.8. The Balaban J connectivity index is 0.000000162. The zero-order valence-corrected chi connectivity index (χ0v) is 78.0. The summed E-state index contributed by atoms with van der Waals surface area (Å²) >= 11 is 37.7. The van der Waals surface area contributed by atoms with Crippen molar-refractivity contribution in [1.82, 2.24) is 16.0 Å². The number of carbonyl (C=O) groups excluding carboxylic acids is 8. The van der Waals surface area contributed by atoms with Crippen LogP contribution < -0.4 is 43.4 Å². The predicted octanol–water partition coefficient (Wildman–Crippen LogP) is 18.3. The molecule has 0 radical (unpaired) electrons. The summed E-state index contributed by atoms with van der Waals surface area (Å²) in [4.78, 5) is 128. The monoisotopic (exact) mass is 1870 g/mol. The maximum atomic E-state index is 16.0. The Morgan fingerprint density at radius 2 is 0.825 bits per heavy atom. The van der Waals surface area contributed by atoms with Crippen molar-refractivity contribution in [2.24, 2.45) is 45.5 Å². The molecule has 15 rings (SSSR count). The SMILES string of the molecule is CC(C)(C)C[C@H]1N[C@@H](C(=O)CC2CC[C@@H](OP(=O)(O)O)C2)[C@H](c2cccc(Cl)c2F)[C@@]12C(=O)Nc1cc(Cl)ccc12.CC(C)(C)C[C@H]1N[C@@H](C(=O)CC2CC[C@@](C)(OC(=O)CN)C2)[C@H](c2cccc(Cl)c2F)[C@@]12C(=O)Nc1cc(Cl)ccc12.C[C@@H](N)C(=O)O[C@]1(C)CCC(CC(=O)[C@@H]2N[C@H](CC(C)(C)C)[C@]3(C(=O)Nc4cc(Cl)ccc43)[C@H]2c2cccc(Cl)c2F)C1. The number of halogens is 9. The molecule has 3 saturated carbocycles. The van der Waals surface area contributed by atoms with E-state index in [0.29, 0.717) is 126 Å². The van der Waals surface area contributed by atoms with Crippen molar-refractivity contribution in [3.63, 3.8) is 0 Å². The highest BCUT2D eigenvalue weighted by Crippen LogP contribution is 2.63. The number of fused-ring (bicyclic) bond motifs is 6. The maximum absolute atomic E-state index is 16.0. The van der Waals surface area contributed by atoms with Gasteiger partial charge in [-0.2, -0.15) is 0 Å². The molecule has 126 heavy (non-hydrogen) atoms. The Kier molecular flexibility index (Phi) is 28.2. The van der Waals surface area contributed by atoms with E-state index in [1.165, 1.54) is 18.2 Å². The number of nitrogens with one attached hydrogen (secondary N) is 6. The van der Waals surface area contributed by atoms with Crippen LogP contribution in [0.4, 0.5) is 30.2 Å². The van der Waals surface area contributed by atoms with Crippen LogP contribution in [0, 0.1) is 51.5 Å². The average molecular weight is 1880 g/mol. The smallest absolute Gasteiger partial charge is 0.458 e. The second kappa shape index (κ2) is 36.7. The zero-order valence-electron chi connectivity index (χ0n) is 72.6. The van der Waals surface area contributed by atoms with Gasteiger partial charge in [-0.1, -0.05) is 187 Å². The molecule has 12 N–H and O–H groups in total. The van der Waals surface area contributed by atoms with Crippen molar-refractivity contribution >= 4 is 142 Å². The third-order valence-corrected chi connectivity index (χ3v) is 29.1. The van der Waals surface area contributed by atoms with E-state index in [2.05, 4.69) is 73.4 Å². The molecule has 3 amide bonds. The number of hydrogen-bond acceptors (Lipinski definition) is 17. The van der Waals surface area contributed by atoms with Gasteiger partial charge in [-0.05, 0) is 220 Å². The van der Waals surface area contributed by atoms with E-state index in [-0.39, 0.29) is 127 Å². The molecule has 32 heteroatoms. The normalized spacial score (nSPS) is 30.3. The van der Waals surface area contributed by atoms with Gasteiger partial charge in [0, 0.05) is 87.3 Å². The van der Waals surface area contributed by atoms with E-state index < -0.39 is 131 Å². The molecule has 6 fully saturated rings. The first-order valence-electron chi connectivity index (χ1n) is 43.0. The fourth-order valence-electron chi connectivity index (χ4n) is 22.2. The number of benzene rings is 6. The molecule has 9 aliphatic rings. The number of phosphoric acid groups is 1. The summed E-state index contributed by atoms with van der Waals surface area (Å²) in [5, 5.41) is 20.6. The van der Waals surface area contributed by atoms with Gasteiger partial charge in [0.1, 0.15) is 50.9 Å². The molecular weight excluding hydrogens is 1770 g/mol. The van der Waals surface area contributed by atoms with E-state index in [1.54, 1.807) is 85.8 Å². The van der Waals surface area contributed by atoms with Gasteiger partial charge in [-0.25, -0.2) is 17.7 Å². The van der Waals surface area contributed by atoms with Crippen LogP contribution >= 0.6 is 77.4 Å². The summed E-state index contributed by atoms with van der Waals surface area (Å²) in [7, 11) is -4.65. The highest BCUT2D eigenvalue weighted by atomic mass is 35.5. The number of nitrogens with two attached hydrogens (primary N) is 2.